The lowest BCUT2D eigenvalue weighted by atomic mass is 10.0. The fraction of sp³-hybridized carbons (Fsp3) is 0.308. The predicted octanol–water partition coefficient (Wildman–Crippen LogP) is 1.43. The Balaban J connectivity index is 2.19. The molecular weight excluding hydrogens is 250 g/mol. The van der Waals surface area contributed by atoms with E-state index >= 15 is 0 Å². The van der Waals surface area contributed by atoms with Gasteiger partial charge >= 0.3 is 0 Å². The molecule has 0 aliphatic heterocycles. The van der Waals surface area contributed by atoms with Gasteiger partial charge in [-0.05, 0) is 28.5 Å². The first-order chi connectivity index (χ1) is 8.59. The molecule has 0 fully saturated rings. The number of nitrogens with one attached hydrogen (secondary N) is 1. The highest BCUT2D eigenvalue weighted by atomic mass is 32.1. The molecule has 1 aromatic carbocycles. The molecule has 0 saturated carbocycles. The number of rotatable bonds is 4. The highest BCUT2D eigenvalue weighted by molar-refractivity contribution is 7.17. The van der Waals surface area contributed by atoms with Crippen LogP contribution >= 0.6 is 11.3 Å². The van der Waals surface area contributed by atoms with E-state index in [1.165, 1.54) is 6.92 Å². The van der Waals surface area contributed by atoms with Gasteiger partial charge in [-0.3, -0.25) is 4.79 Å². The summed E-state index contributed by atoms with van der Waals surface area (Å²) in [6.07, 6.45) is -2.02. The number of carbonyl (C=O) groups excluding carboxylic acids is 1. The maximum atomic E-state index is 10.8. The summed E-state index contributed by atoms with van der Waals surface area (Å²) in [5.74, 6) is -0.227. The largest absolute Gasteiger partial charge is 0.388 e. The number of thiophene rings is 1. The van der Waals surface area contributed by atoms with Gasteiger partial charge in [0.05, 0.1) is 0 Å². The predicted molar refractivity (Wildman–Crippen MR) is 71.5 cm³/mol. The molecule has 4 nitrogen and oxygen atoms in total. The Labute approximate surface area is 109 Å². The smallest absolute Gasteiger partial charge is 0.216 e. The summed E-state index contributed by atoms with van der Waals surface area (Å²) in [4.78, 5) is 10.8. The molecule has 2 rings (SSSR count). The number of benzene rings is 1. The average Bonchev–Trinajstić information content (AvgIpc) is 2.82. The minimum atomic E-state index is -1.01. The number of fused-ring (bicyclic) bond motifs is 1. The van der Waals surface area contributed by atoms with Gasteiger partial charge in [0.1, 0.15) is 12.2 Å². The molecule has 18 heavy (non-hydrogen) atoms. The average molecular weight is 265 g/mol. The fourth-order valence-electron chi connectivity index (χ4n) is 1.84. The maximum absolute atomic E-state index is 10.8. The SMILES string of the molecule is CC(=O)NCC(O)C(O)c1cccc2sccc12. The van der Waals surface area contributed by atoms with Crippen LogP contribution in [0.3, 0.4) is 0 Å². The van der Waals surface area contributed by atoms with Gasteiger partial charge in [-0.25, -0.2) is 0 Å². The summed E-state index contributed by atoms with van der Waals surface area (Å²) >= 11 is 1.59. The molecule has 0 aliphatic carbocycles. The Morgan fingerprint density at radius 2 is 2.17 bits per heavy atom. The van der Waals surface area contributed by atoms with Crippen LogP contribution in [0.25, 0.3) is 10.1 Å². The highest BCUT2D eigenvalue weighted by Gasteiger charge is 2.20. The number of carbonyl (C=O) groups is 1. The Kier molecular flexibility index (Phi) is 3.96. The Morgan fingerprint density at radius 1 is 1.39 bits per heavy atom. The summed E-state index contributed by atoms with van der Waals surface area (Å²) in [5.41, 5.74) is 0.687. The Bertz CT molecular complexity index is 552. The van der Waals surface area contributed by atoms with Gasteiger partial charge in [0.25, 0.3) is 0 Å². The standard InChI is InChI=1S/C13H15NO3S/c1-8(15)14-7-11(16)13(17)10-3-2-4-12-9(10)5-6-18-12/h2-6,11,13,16-17H,7H2,1H3,(H,14,15). The quantitative estimate of drug-likeness (QED) is 0.783. The number of amides is 1. The molecule has 1 aromatic heterocycles. The zero-order valence-corrected chi connectivity index (χ0v) is 10.8. The van der Waals surface area contributed by atoms with E-state index in [0.717, 1.165) is 10.1 Å². The summed E-state index contributed by atoms with van der Waals surface area (Å²) in [6.45, 7) is 1.41. The summed E-state index contributed by atoms with van der Waals surface area (Å²) in [7, 11) is 0. The molecule has 0 bridgehead atoms. The van der Waals surface area contributed by atoms with Crippen molar-refractivity contribution >= 4 is 27.3 Å². The van der Waals surface area contributed by atoms with E-state index < -0.39 is 12.2 Å². The van der Waals surface area contributed by atoms with Crippen LogP contribution in [0.5, 0.6) is 0 Å². The van der Waals surface area contributed by atoms with Crippen LogP contribution in [-0.2, 0) is 4.79 Å². The highest BCUT2D eigenvalue weighted by Crippen LogP contribution is 2.29. The molecule has 0 spiro atoms. The van der Waals surface area contributed by atoms with E-state index in [4.69, 9.17) is 0 Å². The van der Waals surface area contributed by atoms with Gasteiger partial charge in [-0.1, -0.05) is 12.1 Å². The summed E-state index contributed by atoms with van der Waals surface area (Å²) in [5, 5.41) is 25.4. The van der Waals surface area contributed by atoms with Gasteiger partial charge in [0.15, 0.2) is 0 Å². The molecule has 5 heteroatoms. The van der Waals surface area contributed by atoms with Crippen LogP contribution in [0.15, 0.2) is 29.6 Å². The lowest BCUT2D eigenvalue weighted by Gasteiger charge is -2.19. The van der Waals surface area contributed by atoms with Crippen LogP contribution in [-0.4, -0.2) is 28.8 Å². The van der Waals surface area contributed by atoms with Crippen molar-refractivity contribution in [3.8, 4) is 0 Å². The molecule has 2 aromatic rings. The lowest BCUT2D eigenvalue weighted by Crippen LogP contribution is -2.34. The number of aliphatic hydroxyl groups is 2. The van der Waals surface area contributed by atoms with Crippen molar-refractivity contribution in [2.24, 2.45) is 0 Å². The van der Waals surface area contributed by atoms with Crippen LogP contribution in [0.4, 0.5) is 0 Å². The second-order valence-corrected chi connectivity index (χ2v) is 5.08. The molecule has 2 atom stereocenters. The van der Waals surface area contributed by atoms with E-state index in [9.17, 15) is 15.0 Å². The number of hydrogen-bond acceptors (Lipinski definition) is 4. The molecule has 96 valence electrons. The molecule has 0 radical (unpaired) electrons. The van der Waals surface area contributed by atoms with Crippen LogP contribution in [0.1, 0.15) is 18.6 Å². The number of hydrogen-bond donors (Lipinski definition) is 3. The van der Waals surface area contributed by atoms with Gasteiger partial charge in [-0.15, -0.1) is 11.3 Å². The topological polar surface area (TPSA) is 69.6 Å². The molecule has 2 unspecified atom stereocenters. The minimum Gasteiger partial charge on any atom is -0.388 e. The van der Waals surface area contributed by atoms with Gasteiger partial charge in [0, 0.05) is 18.2 Å². The van der Waals surface area contributed by atoms with Crippen LogP contribution < -0.4 is 5.32 Å². The molecule has 0 saturated heterocycles. The van der Waals surface area contributed by atoms with E-state index in [2.05, 4.69) is 5.32 Å². The van der Waals surface area contributed by atoms with Crippen molar-refractivity contribution in [1.29, 1.82) is 0 Å². The molecular formula is C13H15NO3S. The first kappa shape index (κ1) is 13.0. The molecule has 3 N–H and O–H groups in total. The van der Waals surface area contributed by atoms with Crippen LogP contribution in [0.2, 0.25) is 0 Å². The Morgan fingerprint density at radius 3 is 2.89 bits per heavy atom. The minimum absolute atomic E-state index is 0.0387. The third-order valence-electron chi connectivity index (χ3n) is 2.77. The van der Waals surface area contributed by atoms with Gasteiger partial charge in [-0.2, -0.15) is 0 Å². The number of aliphatic hydroxyl groups excluding tert-OH is 2. The van der Waals surface area contributed by atoms with Crippen molar-refractivity contribution in [2.45, 2.75) is 19.1 Å². The van der Waals surface area contributed by atoms with E-state index in [1.54, 1.807) is 17.4 Å². The second-order valence-electron chi connectivity index (χ2n) is 4.13. The van der Waals surface area contributed by atoms with Crippen molar-refractivity contribution in [2.75, 3.05) is 6.54 Å². The molecule has 0 aliphatic rings. The fourth-order valence-corrected chi connectivity index (χ4v) is 2.66. The summed E-state index contributed by atoms with van der Waals surface area (Å²) < 4.78 is 1.07. The Hall–Kier alpha value is -1.43. The van der Waals surface area contributed by atoms with Crippen molar-refractivity contribution in [3.05, 3.63) is 35.2 Å². The maximum Gasteiger partial charge on any atom is 0.216 e. The summed E-state index contributed by atoms with van der Waals surface area (Å²) in [6, 6.07) is 7.53. The third kappa shape index (κ3) is 2.69. The molecule has 1 amide bonds. The van der Waals surface area contributed by atoms with Gasteiger partial charge < -0.3 is 15.5 Å². The first-order valence-corrected chi connectivity index (χ1v) is 6.54. The van der Waals surface area contributed by atoms with Crippen molar-refractivity contribution < 1.29 is 15.0 Å². The van der Waals surface area contributed by atoms with Crippen molar-refractivity contribution in [1.82, 2.24) is 5.32 Å². The van der Waals surface area contributed by atoms with Gasteiger partial charge in [0.2, 0.25) is 5.91 Å². The van der Waals surface area contributed by atoms with E-state index in [1.807, 2.05) is 23.6 Å². The monoisotopic (exact) mass is 265 g/mol. The van der Waals surface area contributed by atoms with E-state index in [-0.39, 0.29) is 12.5 Å². The zero-order valence-electron chi connectivity index (χ0n) is 9.96. The third-order valence-corrected chi connectivity index (χ3v) is 3.65. The molecule has 1 heterocycles. The lowest BCUT2D eigenvalue weighted by molar-refractivity contribution is -0.119. The van der Waals surface area contributed by atoms with Crippen LogP contribution in [0, 0.1) is 0 Å². The van der Waals surface area contributed by atoms with E-state index in [0.29, 0.717) is 5.56 Å². The normalized spacial score (nSPS) is 14.4. The zero-order chi connectivity index (χ0) is 13.1. The first-order valence-electron chi connectivity index (χ1n) is 5.66. The second kappa shape index (κ2) is 5.48. The van der Waals surface area contributed by atoms with Crippen molar-refractivity contribution in [3.63, 3.8) is 0 Å².